The van der Waals surface area contributed by atoms with Crippen LogP contribution in [0.2, 0.25) is 0 Å². The first-order valence-corrected chi connectivity index (χ1v) is 10.0. The largest absolute Gasteiger partial charge is 0.308 e. The average Bonchev–Trinajstić information content (AvgIpc) is 3.06. The summed E-state index contributed by atoms with van der Waals surface area (Å²) in [5, 5.41) is 0.547. The van der Waals surface area contributed by atoms with Crippen molar-refractivity contribution in [1.82, 2.24) is 9.88 Å². The fraction of sp³-hybridized carbons (Fsp3) is 0.263. The fourth-order valence-electron chi connectivity index (χ4n) is 2.39. The van der Waals surface area contributed by atoms with E-state index in [0.717, 1.165) is 9.60 Å². The zero-order valence-corrected chi connectivity index (χ0v) is 17.5. The minimum absolute atomic E-state index is 0. The van der Waals surface area contributed by atoms with Crippen LogP contribution < -0.4 is 4.90 Å². The Labute approximate surface area is 172 Å². The summed E-state index contributed by atoms with van der Waals surface area (Å²) in [5.41, 5.74) is 0.325. The molecule has 0 bridgehead atoms. The summed E-state index contributed by atoms with van der Waals surface area (Å²) in [6.07, 6.45) is 0. The van der Waals surface area contributed by atoms with Gasteiger partial charge in [-0.3, -0.25) is 9.69 Å². The molecule has 1 heterocycles. The number of para-hydroxylation sites is 1. The number of nitrogens with zero attached hydrogens (tertiary/aromatic N) is 3. The van der Waals surface area contributed by atoms with Gasteiger partial charge in [-0.2, -0.15) is 0 Å². The summed E-state index contributed by atoms with van der Waals surface area (Å²) in [5.74, 6) is -0.0700. The highest BCUT2D eigenvalue weighted by molar-refractivity contribution is 8.00. The molecule has 0 fully saturated rings. The quantitative estimate of drug-likeness (QED) is 0.520. The molecule has 0 spiro atoms. The molecule has 0 atom stereocenters. The monoisotopic (exact) mass is 425 g/mol. The second-order valence-corrected chi connectivity index (χ2v) is 8.09. The number of carbonyl (C=O) groups excluding carboxylic acids is 1. The second-order valence-electron chi connectivity index (χ2n) is 6.03. The fourth-order valence-corrected chi connectivity index (χ4v) is 4.20. The van der Waals surface area contributed by atoms with E-state index in [4.69, 9.17) is 0 Å². The lowest BCUT2D eigenvalue weighted by Gasteiger charge is -2.21. The van der Waals surface area contributed by atoms with Gasteiger partial charge in [0.15, 0.2) is 5.13 Å². The van der Waals surface area contributed by atoms with E-state index in [-0.39, 0.29) is 24.1 Å². The van der Waals surface area contributed by atoms with E-state index in [0.29, 0.717) is 29.5 Å². The number of halogens is 2. The summed E-state index contributed by atoms with van der Waals surface area (Å²) in [7, 11) is 3.92. The Balaban J connectivity index is 0.00000261. The zero-order chi connectivity index (χ0) is 18.5. The van der Waals surface area contributed by atoms with Crippen molar-refractivity contribution >= 4 is 56.8 Å². The molecule has 0 aliphatic heterocycles. The number of aromatic nitrogens is 1. The maximum absolute atomic E-state index is 14.0. The lowest BCUT2D eigenvalue weighted by Crippen LogP contribution is -2.37. The Hall–Kier alpha value is -1.67. The van der Waals surface area contributed by atoms with Gasteiger partial charge in [0.1, 0.15) is 11.3 Å². The molecule has 3 rings (SSSR count). The van der Waals surface area contributed by atoms with Crippen molar-refractivity contribution in [3.8, 4) is 0 Å². The summed E-state index contributed by atoms with van der Waals surface area (Å²) in [6.45, 7) is 1.22. The van der Waals surface area contributed by atoms with E-state index in [1.807, 2.05) is 55.4 Å². The zero-order valence-electron chi connectivity index (χ0n) is 15.1. The first kappa shape index (κ1) is 21.6. The van der Waals surface area contributed by atoms with Crippen LogP contribution in [0.25, 0.3) is 10.2 Å². The van der Waals surface area contributed by atoms with E-state index in [2.05, 4.69) is 4.98 Å². The number of thioether (sulfide) groups is 1. The van der Waals surface area contributed by atoms with Gasteiger partial charge in [0.2, 0.25) is 5.91 Å². The third-order valence-corrected chi connectivity index (χ3v) is 5.81. The topological polar surface area (TPSA) is 36.4 Å². The van der Waals surface area contributed by atoms with E-state index in [1.54, 1.807) is 11.0 Å². The maximum Gasteiger partial charge on any atom is 0.239 e. The SMILES string of the molecule is CN(C)CCN(C(=O)CSc1ccccc1)c1nc2c(F)cccc2s1.Cl. The number of benzene rings is 2. The first-order chi connectivity index (χ1) is 12.5. The van der Waals surface area contributed by atoms with Gasteiger partial charge in [0.25, 0.3) is 0 Å². The second kappa shape index (κ2) is 10.0. The highest BCUT2D eigenvalue weighted by atomic mass is 35.5. The smallest absolute Gasteiger partial charge is 0.239 e. The molecule has 0 saturated heterocycles. The summed E-state index contributed by atoms with van der Waals surface area (Å²) >= 11 is 2.84. The summed E-state index contributed by atoms with van der Waals surface area (Å²) < 4.78 is 14.7. The molecular weight excluding hydrogens is 405 g/mol. The molecule has 0 saturated carbocycles. The van der Waals surface area contributed by atoms with Crippen LogP contribution in [0.5, 0.6) is 0 Å². The Morgan fingerprint density at radius 2 is 1.85 bits per heavy atom. The normalized spacial score (nSPS) is 10.8. The molecule has 0 aliphatic carbocycles. The van der Waals surface area contributed by atoms with E-state index in [1.165, 1.54) is 29.2 Å². The third kappa shape index (κ3) is 5.65. The van der Waals surface area contributed by atoms with Crippen molar-refractivity contribution < 1.29 is 9.18 Å². The molecule has 0 unspecified atom stereocenters. The van der Waals surface area contributed by atoms with Crippen LogP contribution in [0, 0.1) is 5.82 Å². The number of carbonyl (C=O) groups is 1. The highest BCUT2D eigenvalue weighted by Crippen LogP contribution is 2.31. The number of amides is 1. The van der Waals surface area contributed by atoms with Gasteiger partial charge < -0.3 is 4.90 Å². The number of rotatable bonds is 7. The molecule has 8 heteroatoms. The summed E-state index contributed by atoms with van der Waals surface area (Å²) in [6, 6.07) is 14.7. The predicted octanol–water partition coefficient (Wildman–Crippen LogP) is 4.54. The Morgan fingerprint density at radius 3 is 2.52 bits per heavy atom. The van der Waals surface area contributed by atoms with Crippen LogP contribution in [-0.2, 0) is 4.79 Å². The molecule has 27 heavy (non-hydrogen) atoms. The minimum atomic E-state index is -0.358. The van der Waals surface area contributed by atoms with Crippen LogP contribution >= 0.6 is 35.5 Å². The highest BCUT2D eigenvalue weighted by Gasteiger charge is 2.21. The van der Waals surface area contributed by atoms with Crippen molar-refractivity contribution in [3.63, 3.8) is 0 Å². The van der Waals surface area contributed by atoms with Crippen LogP contribution in [-0.4, -0.2) is 48.7 Å². The molecule has 4 nitrogen and oxygen atoms in total. The van der Waals surface area contributed by atoms with Crippen molar-refractivity contribution in [2.45, 2.75) is 4.90 Å². The molecule has 0 radical (unpaired) electrons. The van der Waals surface area contributed by atoms with E-state index in [9.17, 15) is 9.18 Å². The Kier molecular flexibility index (Phi) is 8.04. The first-order valence-electron chi connectivity index (χ1n) is 8.22. The number of thiazole rings is 1. The molecule has 1 aromatic heterocycles. The Morgan fingerprint density at radius 1 is 1.11 bits per heavy atom. The van der Waals surface area contributed by atoms with Gasteiger partial charge in [0, 0.05) is 18.0 Å². The minimum Gasteiger partial charge on any atom is -0.308 e. The number of hydrogen-bond acceptors (Lipinski definition) is 5. The number of fused-ring (bicyclic) bond motifs is 1. The molecule has 0 aliphatic rings. The van der Waals surface area contributed by atoms with E-state index >= 15 is 0 Å². The van der Waals surface area contributed by atoms with E-state index < -0.39 is 0 Å². The van der Waals surface area contributed by atoms with Crippen molar-refractivity contribution in [2.24, 2.45) is 0 Å². The van der Waals surface area contributed by atoms with Crippen LogP contribution in [0.3, 0.4) is 0 Å². The van der Waals surface area contributed by atoms with Crippen molar-refractivity contribution in [1.29, 1.82) is 0 Å². The van der Waals surface area contributed by atoms with Crippen LogP contribution in [0.15, 0.2) is 53.4 Å². The van der Waals surface area contributed by atoms with Gasteiger partial charge in [-0.25, -0.2) is 9.37 Å². The van der Waals surface area contributed by atoms with Crippen LogP contribution in [0.1, 0.15) is 0 Å². The third-order valence-electron chi connectivity index (χ3n) is 3.77. The molecule has 2 aromatic carbocycles. The molecule has 1 amide bonds. The lowest BCUT2D eigenvalue weighted by atomic mass is 10.3. The average molecular weight is 426 g/mol. The summed E-state index contributed by atoms with van der Waals surface area (Å²) in [4.78, 5) is 22.0. The van der Waals surface area contributed by atoms with Gasteiger partial charge in [-0.05, 0) is 38.4 Å². The van der Waals surface area contributed by atoms with Crippen molar-refractivity contribution in [3.05, 3.63) is 54.3 Å². The van der Waals surface area contributed by atoms with Crippen molar-refractivity contribution in [2.75, 3.05) is 37.8 Å². The molecule has 0 N–H and O–H groups in total. The standard InChI is InChI=1S/C19H20FN3OS2.ClH/c1-22(2)11-12-23(17(24)13-25-14-7-4-3-5-8-14)19-21-18-15(20)9-6-10-16(18)26-19;/h3-10H,11-13H2,1-2H3;1H. The Bertz CT molecular complexity index is 889. The number of hydrogen-bond donors (Lipinski definition) is 0. The van der Waals surface area contributed by atoms with Gasteiger partial charge in [-0.1, -0.05) is 35.6 Å². The number of likely N-dealkylation sites (N-methyl/N-ethyl adjacent to an activating group) is 1. The van der Waals surface area contributed by atoms with Gasteiger partial charge in [-0.15, -0.1) is 24.2 Å². The lowest BCUT2D eigenvalue weighted by molar-refractivity contribution is -0.116. The van der Waals surface area contributed by atoms with Gasteiger partial charge >= 0.3 is 0 Å². The van der Waals surface area contributed by atoms with Crippen LogP contribution in [0.4, 0.5) is 9.52 Å². The molecular formula is C19H21ClFN3OS2. The molecule has 3 aromatic rings. The number of anilines is 1. The maximum atomic E-state index is 14.0. The predicted molar refractivity (Wildman–Crippen MR) is 115 cm³/mol. The van der Waals surface area contributed by atoms with Gasteiger partial charge in [0.05, 0.1) is 10.5 Å². The molecule has 144 valence electrons.